The second kappa shape index (κ2) is 0.872. The minimum atomic E-state index is 1.11. The van der Waals surface area contributed by atoms with Gasteiger partial charge >= 0.3 is 0 Å². The Bertz CT molecular complexity index is 137. The number of fused-ring (bicyclic) bond motifs is 1. The van der Waals surface area contributed by atoms with E-state index < -0.39 is 0 Å². The van der Waals surface area contributed by atoms with Crippen molar-refractivity contribution in [3.05, 3.63) is 0 Å². The molecule has 3 rings (SSSR count). The average Bonchev–Trinajstić information content (AvgIpc) is 2.20. The molecule has 0 saturated heterocycles. The Hall–Kier alpha value is 0. The van der Waals surface area contributed by atoms with E-state index in [0.717, 1.165) is 5.92 Å². The number of hydrogen-bond donors (Lipinski definition) is 0. The van der Waals surface area contributed by atoms with Gasteiger partial charge in [-0.05, 0) is 42.4 Å². The lowest BCUT2D eigenvalue weighted by Gasteiger charge is -2.26. The SMILES string of the molecule is CC1CC2CC3C2[C@H]13. The summed E-state index contributed by atoms with van der Waals surface area (Å²) >= 11 is 0. The summed E-state index contributed by atoms with van der Waals surface area (Å²) in [7, 11) is 0. The third kappa shape index (κ3) is 0.222. The van der Waals surface area contributed by atoms with Crippen molar-refractivity contribution >= 4 is 0 Å². The second-order valence-corrected chi connectivity index (χ2v) is 4.03. The Balaban J connectivity index is 1.99. The summed E-state index contributed by atoms with van der Waals surface area (Å²) in [6.45, 7) is 2.44. The van der Waals surface area contributed by atoms with Crippen LogP contribution in [0.5, 0.6) is 0 Å². The minimum Gasteiger partial charge on any atom is -0.0622 e. The van der Waals surface area contributed by atoms with Gasteiger partial charge in [0.25, 0.3) is 0 Å². The van der Waals surface area contributed by atoms with Gasteiger partial charge in [-0.15, -0.1) is 0 Å². The van der Waals surface area contributed by atoms with E-state index in [2.05, 4.69) is 6.92 Å². The zero-order chi connectivity index (χ0) is 5.30. The molecule has 3 aliphatic carbocycles. The van der Waals surface area contributed by atoms with Gasteiger partial charge in [0.1, 0.15) is 0 Å². The van der Waals surface area contributed by atoms with Crippen molar-refractivity contribution in [1.29, 1.82) is 0 Å². The summed E-state index contributed by atoms with van der Waals surface area (Å²) in [5.74, 6) is 6.04. The molecule has 4 unspecified atom stereocenters. The Morgan fingerprint density at radius 2 is 2.00 bits per heavy atom. The Labute approximate surface area is 50.3 Å². The summed E-state index contributed by atoms with van der Waals surface area (Å²) in [5.41, 5.74) is 0. The molecule has 0 bridgehead atoms. The molecule has 0 N–H and O–H groups in total. The van der Waals surface area contributed by atoms with E-state index in [4.69, 9.17) is 0 Å². The first kappa shape index (κ1) is 3.92. The molecule has 0 heterocycles. The van der Waals surface area contributed by atoms with Crippen molar-refractivity contribution in [3.8, 4) is 0 Å². The third-order valence-electron chi connectivity index (χ3n) is 3.74. The highest BCUT2D eigenvalue weighted by molar-refractivity contribution is 5.16. The van der Waals surface area contributed by atoms with Crippen LogP contribution < -0.4 is 0 Å². The highest BCUT2D eigenvalue weighted by Gasteiger charge is 2.68. The average molecular weight is 108 g/mol. The van der Waals surface area contributed by atoms with E-state index in [9.17, 15) is 0 Å². The summed E-state index contributed by atoms with van der Waals surface area (Å²) in [6.07, 6.45) is 3.19. The molecule has 3 fully saturated rings. The lowest BCUT2D eigenvalue weighted by atomic mass is 9.79. The van der Waals surface area contributed by atoms with Crippen molar-refractivity contribution < 1.29 is 0 Å². The van der Waals surface area contributed by atoms with Crippen molar-refractivity contribution in [1.82, 2.24) is 0 Å². The maximum atomic E-state index is 2.44. The largest absolute Gasteiger partial charge is 0.0622 e. The molecule has 44 valence electrons. The van der Waals surface area contributed by atoms with Crippen LogP contribution in [0.4, 0.5) is 0 Å². The van der Waals surface area contributed by atoms with Gasteiger partial charge in [-0.1, -0.05) is 6.92 Å². The topological polar surface area (TPSA) is 0 Å². The van der Waals surface area contributed by atoms with Gasteiger partial charge in [-0.3, -0.25) is 0 Å². The van der Waals surface area contributed by atoms with Crippen LogP contribution >= 0.6 is 0 Å². The zero-order valence-corrected chi connectivity index (χ0v) is 5.30. The van der Waals surface area contributed by atoms with Gasteiger partial charge in [0, 0.05) is 0 Å². The molecule has 0 aromatic carbocycles. The molecule has 8 heavy (non-hydrogen) atoms. The quantitative estimate of drug-likeness (QED) is 0.444. The molecule has 0 radical (unpaired) electrons. The fourth-order valence-corrected chi connectivity index (χ4v) is 3.41. The van der Waals surface area contributed by atoms with Crippen LogP contribution in [0.25, 0.3) is 0 Å². The molecule has 0 heteroatoms. The molecule has 0 aromatic rings. The van der Waals surface area contributed by atoms with Gasteiger partial charge in [0.05, 0.1) is 0 Å². The van der Waals surface area contributed by atoms with E-state index in [0.29, 0.717) is 0 Å². The molecule has 5 atom stereocenters. The van der Waals surface area contributed by atoms with E-state index >= 15 is 0 Å². The van der Waals surface area contributed by atoms with E-state index in [1.165, 1.54) is 23.7 Å². The van der Waals surface area contributed by atoms with Crippen LogP contribution in [0, 0.1) is 29.6 Å². The van der Waals surface area contributed by atoms with Gasteiger partial charge in [0.2, 0.25) is 0 Å². The summed E-state index contributed by atoms with van der Waals surface area (Å²) < 4.78 is 0. The molecule has 0 amide bonds. The monoisotopic (exact) mass is 108 g/mol. The maximum absolute atomic E-state index is 2.44. The first-order valence-corrected chi connectivity index (χ1v) is 3.88. The van der Waals surface area contributed by atoms with Crippen LogP contribution in [-0.2, 0) is 0 Å². The molecule has 0 aromatic heterocycles. The maximum Gasteiger partial charge on any atom is -0.0321 e. The molecule has 0 spiro atoms. The summed E-state index contributed by atoms with van der Waals surface area (Å²) in [6, 6.07) is 0. The molecule has 3 aliphatic rings. The number of hydrogen-bond acceptors (Lipinski definition) is 0. The zero-order valence-electron chi connectivity index (χ0n) is 5.30. The fraction of sp³-hybridized carbons (Fsp3) is 1.00. The lowest BCUT2D eigenvalue weighted by molar-refractivity contribution is 0.239. The Morgan fingerprint density at radius 3 is 2.25 bits per heavy atom. The summed E-state index contributed by atoms with van der Waals surface area (Å²) in [5, 5.41) is 0. The highest BCUT2D eigenvalue weighted by atomic mass is 14.7. The molecule has 3 saturated carbocycles. The van der Waals surface area contributed by atoms with Crippen LogP contribution in [-0.4, -0.2) is 0 Å². The first-order chi connectivity index (χ1) is 3.88. The van der Waals surface area contributed by atoms with E-state index in [-0.39, 0.29) is 0 Å². The van der Waals surface area contributed by atoms with Crippen LogP contribution in [0.3, 0.4) is 0 Å². The molecular formula is C8H12. The van der Waals surface area contributed by atoms with Crippen LogP contribution in [0.1, 0.15) is 19.8 Å². The molecule has 0 nitrogen and oxygen atoms in total. The third-order valence-corrected chi connectivity index (χ3v) is 3.74. The van der Waals surface area contributed by atoms with Crippen molar-refractivity contribution in [2.24, 2.45) is 29.6 Å². The Kier molecular flexibility index (Phi) is 0.427. The van der Waals surface area contributed by atoms with Crippen molar-refractivity contribution in [2.75, 3.05) is 0 Å². The normalized spacial score (nSPS) is 73.9. The van der Waals surface area contributed by atoms with Crippen molar-refractivity contribution in [2.45, 2.75) is 19.8 Å². The second-order valence-electron chi connectivity index (χ2n) is 4.03. The minimum absolute atomic E-state index is 1.11. The Morgan fingerprint density at radius 1 is 1.12 bits per heavy atom. The van der Waals surface area contributed by atoms with Gasteiger partial charge in [-0.2, -0.15) is 0 Å². The van der Waals surface area contributed by atoms with E-state index in [1.807, 2.05) is 0 Å². The van der Waals surface area contributed by atoms with Gasteiger partial charge in [0.15, 0.2) is 0 Å². The summed E-state index contributed by atoms with van der Waals surface area (Å²) in [4.78, 5) is 0. The van der Waals surface area contributed by atoms with Crippen molar-refractivity contribution in [3.63, 3.8) is 0 Å². The van der Waals surface area contributed by atoms with Gasteiger partial charge in [-0.25, -0.2) is 0 Å². The number of rotatable bonds is 0. The highest BCUT2D eigenvalue weighted by Crippen LogP contribution is 2.74. The van der Waals surface area contributed by atoms with E-state index in [1.54, 1.807) is 12.8 Å². The molecule has 0 aliphatic heterocycles. The first-order valence-electron chi connectivity index (χ1n) is 3.88. The predicted octanol–water partition coefficient (Wildman–Crippen LogP) is 1.91. The lowest BCUT2D eigenvalue weighted by Crippen LogP contribution is -2.17. The van der Waals surface area contributed by atoms with Crippen LogP contribution in [0.15, 0.2) is 0 Å². The fourth-order valence-electron chi connectivity index (χ4n) is 3.41. The molecular weight excluding hydrogens is 96.1 g/mol. The van der Waals surface area contributed by atoms with Crippen LogP contribution in [0.2, 0.25) is 0 Å². The smallest absolute Gasteiger partial charge is 0.0321 e. The standard InChI is InChI=1S/C8H12/c1-4-2-5-3-6-7(4)8(5)6/h4-8H,2-3H2,1H3/t4?,5?,6?,7-,8?/m1/s1. The van der Waals surface area contributed by atoms with Gasteiger partial charge < -0.3 is 0 Å². The predicted molar refractivity (Wildman–Crippen MR) is 32.4 cm³/mol.